The fourth-order valence-corrected chi connectivity index (χ4v) is 1.67. The van der Waals surface area contributed by atoms with Gasteiger partial charge in [0.15, 0.2) is 0 Å². The van der Waals surface area contributed by atoms with Gasteiger partial charge in [0, 0.05) is 44.9 Å². The minimum atomic E-state index is 0.845. The third-order valence-corrected chi connectivity index (χ3v) is 2.98. The van der Waals surface area contributed by atoms with Crippen LogP contribution in [-0.4, -0.2) is 31.1 Å². The first-order valence-electron chi connectivity index (χ1n) is 5.69. The van der Waals surface area contributed by atoms with E-state index in [4.69, 9.17) is 0 Å². The van der Waals surface area contributed by atoms with E-state index in [0.29, 0.717) is 0 Å². The van der Waals surface area contributed by atoms with E-state index in [2.05, 4.69) is 27.5 Å². The number of aryl methyl sites for hydroxylation is 2. The molecule has 6 nitrogen and oxygen atoms in total. The maximum Gasteiger partial charge on any atom is 0.133 e. The van der Waals surface area contributed by atoms with Crippen LogP contribution in [0.15, 0.2) is 12.5 Å². The van der Waals surface area contributed by atoms with Crippen molar-refractivity contribution < 1.29 is 0 Å². The summed E-state index contributed by atoms with van der Waals surface area (Å²) >= 11 is 0. The Morgan fingerprint density at radius 1 is 1.35 bits per heavy atom. The summed E-state index contributed by atoms with van der Waals surface area (Å²) in [6.45, 7) is 3.81. The Hall–Kier alpha value is -1.69. The summed E-state index contributed by atoms with van der Waals surface area (Å²) in [5.41, 5.74) is 2.45. The van der Waals surface area contributed by atoms with Gasteiger partial charge in [0.1, 0.15) is 12.2 Å². The summed E-state index contributed by atoms with van der Waals surface area (Å²) < 4.78 is 3.83. The van der Waals surface area contributed by atoms with E-state index in [-0.39, 0.29) is 0 Å². The van der Waals surface area contributed by atoms with Crippen molar-refractivity contribution in [2.75, 3.05) is 6.54 Å². The zero-order valence-electron chi connectivity index (χ0n) is 10.5. The molecule has 0 spiro atoms. The molecule has 0 atom stereocenters. The summed E-state index contributed by atoms with van der Waals surface area (Å²) in [6.07, 6.45) is 4.51. The Bertz CT molecular complexity index is 484. The Balaban J connectivity index is 1.77. The van der Waals surface area contributed by atoms with Crippen LogP contribution >= 0.6 is 0 Å². The average Bonchev–Trinajstić information content (AvgIpc) is 2.85. The van der Waals surface area contributed by atoms with E-state index in [9.17, 15) is 0 Å². The first-order valence-corrected chi connectivity index (χ1v) is 5.69. The van der Waals surface area contributed by atoms with Crippen LogP contribution in [0.4, 0.5) is 0 Å². The van der Waals surface area contributed by atoms with Gasteiger partial charge in [-0.3, -0.25) is 4.68 Å². The molecule has 2 aromatic rings. The topological polar surface area (TPSA) is 60.6 Å². The summed E-state index contributed by atoms with van der Waals surface area (Å²) in [6, 6.07) is 0. The maximum atomic E-state index is 4.21. The number of hydrogen-bond acceptors (Lipinski definition) is 4. The second-order valence-corrected chi connectivity index (χ2v) is 4.16. The van der Waals surface area contributed by atoms with E-state index in [1.807, 2.05) is 29.5 Å². The van der Waals surface area contributed by atoms with Crippen molar-refractivity contribution in [1.82, 2.24) is 29.9 Å². The quantitative estimate of drug-likeness (QED) is 0.750. The highest BCUT2D eigenvalue weighted by Crippen LogP contribution is 2.04. The molecule has 0 aliphatic carbocycles. The van der Waals surface area contributed by atoms with E-state index in [1.165, 1.54) is 11.3 Å². The first kappa shape index (κ1) is 11.8. The molecule has 2 heterocycles. The van der Waals surface area contributed by atoms with Gasteiger partial charge in [0.25, 0.3) is 0 Å². The normalized spacial score (nSPS) is 11.0. The Morgan fingerprint density at radius 2 is 2.18 bits per heavy atom. The lowest BCUT2D eigenvalue weighted by Gasteiger charge is -2.04. The van der Waals surface area contributed by atoms with Crippen LogP contribution in [0.5, 0.6) is 0 Å². The zero-order chi connectivity index (χ0) is 12.3. The Labute approximate surface area is 101 Å². The predicted molar refractivity (Wildman–Crippen MR) is 64.4 cm³/mol. The van der Waals surface area contributed by atoms with Gasteiger partial charge < -0.3 is 9.88 Å². The zero-order valence-corrected chi connectivity index (χ0v) is 10.5. The minimum Gasteiger partial charge on any atom is -0.321 e. The minimum absolute atomic E-state index is 0.845. The molecular formula is C11H18N6. The van der Waals surface area contributed by atoms with Crippen LogP contribution in [0.3, 0.4) is 0 Å². The predicted octanol–water partition coefficient (Wildman–Crippen LogP) is 0.189. The van der Waals surface area contributed by atoms with E-state index < -0.39 is 0 Å². The summed E-state index contributed by atoms with van der Waals surface area (Å²) in [5, 5.41) is 15.5. The highest BCUT2D eigenvalue weighted by molar-refractivity contribution is 5.15. The highest BCUT2D eigenvalue weighted by atomic mass is 15.3. The van der Waals surface area contributed by atoms with Crippen molar-refractivity contribution in [2.24, 2.45) is 14.1 Å². The van der Waals surface area contributed by atoms with Crippen molar-refractivity contribution in [2.45, 2.75) is 19.9 Å². The molecule has 0 saturated heterocycles. The lowest BCUT2D eigenvalue weighted by Crippen LogP contribution is -2.18. The molecule has 0 aliphatic rings. The van der Waals surface area contributed by atoms with Gasteiger partial charge in [-0.25, -0.2) is 0 Å². The molecule has 2 rings (SSSR count). The largest absolute Gasteiger partial charge is 0.321 e. The van der Waals surface area contributed by atoms with Crippen LogP contribution in [0.1, 0.15) is 17.1 Å². The lowest BCUT2D eigenvalue weighted by molar-refractivity contribution is 0.650. The van der Waals surface area contributed by atoms with Crippen LogP contribution in [-0.2, 0) is 27.1 Å². The van der Waals surface area contributed by atoms with Gasteiger partial charge in [-0.05, 0) is 6.92 Å². The van der Waals surface area contributed by atoms with Gasteiger partial charge >= 0.3 is 0 Å². The van der Waals surface area contributed by atoms with Crippen molar-refractivity contribution >= 4 is 0 Å². The third-order valence-electron chi connectivity index (χ3n) is 2.98. The molecule has 92 valence electrons. The van der Waals surface area contributed by atoms with Crippen molar-refractivity contribution in [3.8, 4) is 0 Å². The van der Waals surface area contributed by atoms with Crippen LogP contribution in [0.25, 0.3) is 0 Å². The second kappa shape index (κ2) is 5.09. The smallest absolute Gasteiger partial charge is 0.133 e. The van der Waals surface area contributed by atoms with Crippen LogP contribution in [0.2, 0.25) is 0 Å². The summed E-state index contributed by atoms with van der Waals surface area (Å²) in [4.78, 5) is 0. The molecular weight excluding hydrogens is 216 g/mol. The van der Waals surface area contributed by atoms with E-state index in [0.717, 1.165) is 25.3 Å². The molecule has 0 amide bonds. The number of nitrogens with one attached hydrogen (secondary N) is 1. The molecule has 0 bridgehead atoms. The molecule has 1 N–H and O–H groups in total. The lowest BCUT2D eigenvalue weighted by atomic mass is 10.2. The SMILES string of the molecule is Cc1c(CNCCc2nncn2C)cnn1C. The number of hydrogen-bond donors (Lipinski definition) is 1. The van der Waals surface area contributed by atoms with Crippen molar-refractivity contribution in [1.29, 1.82) is 0 Å². The molecule has 0 saturated carbocycles. The van der Waals surface area contributed by atoms with Crippen molar-refractivity contribution in [3.05, 3.63) is 29.6 Å². The fourth-order valence-electron chi connectivity index (χ4n) is 1.67. The number of nitrogens with zero attached hydrogens (tertiary/aromatic N) is 5. The molecule has 0 aromatic carbocycles. The standard InChI is InChI=1S/C11H18N6/c1-9-10(7-14-17(9)3)6-12-5-4-11-15-13-8-16(11)2/h7-8,12H,4-6H2,1-3H3. The van der Waals surface area contributed by atoms with Crippen LogP contribution < -0.4 is 5.32 Å². The molecule has 0 aliphatic heterocycles. The second-order valence-electron chi connectivity index (χ2n) is 4.16. The maximum absolute atomic E-state index is 4.21. The monoisotopic (exact) mass is 234 g/mol. The highest BCUT2D eigenvalue weighted by Gasteiger charge is 2.03. The van der Waals surface area contributed by atoms with Crippen LogP contribution in [0, 0.1) is 6.92 Å². The van der Waals surface area contributed by atoms with E-state index in [1.54, 1.807) is 6.33 Å². The van der Waals surface area contributed by atoms with Gasteiger partial charge in [0.05, 0.1) is 6.20 Å². The molecule has 6 heteroatoms. The molecule has 0 fully saturated rings. The molecule has 0 unspecified atom stereocenters. The Morgan fingerprint density at radius 3 is 2.76 bits per heavy atom. The number of aromatic nitrogens is 5. The average molecular weight is 234 g/mol. The summed E-state index contributed by atoms with van der Waals surface area (Å²) in [7, 11) is 3.92. The fraction of sp³-hybridized carbons (Fsp3) is 0.545. The van der Waals surface area contributed by atoms with Crippen molar-refractivity contribution in [3.63, 3.8) is 0 Å². The first-order chi connectivity index (χ1) is 8.18. The van der Waals surface area contributed by atoms with Gasteiger partial charge in [0.2, 0.25) is 0 Å². The third kappa shape index (κ3) is 2.71. The van der Waals surface area contributed by atoms with Gasteiger partial charge in [-0.2, -0.15) is 5.10 Å². The number of rotatable bonds is 5. The Kier molecular flexibility index (Phi) is 3.53. The van der Waals surface area contributed by atoms with Gasteiger partial charge in [-0.1, -0.05) is 0 Å². The van der Waals surface area contributed by atoms with Gasteiger partial charge in [-0.15, -0.1) is 10.2 Å². The summed E-state index contributed by atoms with van der Waals surface area (Å²) in [5.74, 6) is 1.00. The van der Waals surface area contributed by atoms with E-state index >= 15 is 0 Å². The molecule has 17 heavy (non-hydrogen) atoms. The molecule has 0 radical (unpaired) electrons. The molecule has 2 aromatic heterocycles.